The van der Waals surface area contributed by atoms with Crippen LogP contribution in [0, 0.1) is 0 Å². The molecule has 1 heterocycles. The van der Waals surface area contributed by atoms with E-state index in [4.69, 9.17) is 4.98 Å². The van der Waals surface area contributed by atoms with Gasteiger partial charge in [-0.05, 0) is 77.8 Å². The van der Waals surface area contributed by atoms with Crippen LogP contribution in [0.15, 0.2) is 176 Å². The average Bonchev–Trinajstić information content (AvgIpc) is 3.14. The van der Waals surface area contributed by atoms with E-state index in [2.05, 4.69) is 176 Å². The Morgan fingerprint density at radius 2 is 0.783 bits per heavy atom. The van der Waals surface area contributed by atoms with E-state index in [1.807, 2.05) is 0 Å². The summed E-state index contributed by atoms with van der Waals surface area (Å²) in [6.45, 7) is 0. The minimum absolute atomic E-state index is 0.974. The second kappa shape index (κ2) is 10.8. The maximum Gasteiger partial charge on any atom is 0.0722 e. The third kappa shape index (κ3) is 4.29. The molecule has 9 rings (SSSR count). The van der Waals surface area contributed by atoms with Gasteiger partial charge in [0.1, 0.15) is 0 Å². The van der Waals surface area contributed by atoms with Crippen LogP contribution in [0.1, 0.15) is 0 Å². The Balaban J connectivity index is 1.24. The molecule has 46 heavy (non-hydrogen) atoms. The molecule has 0 bridgehead atoms. The molecule has 0 spiro atoms. The summed E-state index contributed by atoms with van der Waals surface area (Å²) in [6.07, 6.45) is 0. The molecule has 0 aliphatic carbocycles. The van der Waals surface area contributed by atoms with Crippen LogP contribution in [0.4, 0.5) is 0 Å². The molecule has 1 aromatic heterocycles. The van der Waals surface area contributed by atoms with Crippen molar-refractivity contribution in [3.63, 3.8) is 0 Å². The van der Waals surface area contributed by atoms with Gasteiger partial charge in [-0.25, -0.2) is 4.98 Å². The highest BCUT2D eigenvalue weighted by Crippen LogP contribution is 2.44. The number of fused-ring (bicyclic) bond motifs is 5. The largest absolute Gasteiger partial charge is 0.248 e. The lowest BCUT2D eigenvalue weighted by Crippen LogP contribution is -1.92. The van der Waals surface area contributed by atoms with Crippen molar-refractivity contribution in [1.82, 2.24) is 4.98 Å². The first kappa shape index (κ1) is 26.4. The lowest BCUT2D eigenvalue weighted by molar-refractivity contribution is 1.40. The predicted molar refractivity (Wildman–Crippen MR) is 196 cm³/mol. The first-order valence-corrected chi connectivity index (χ1v) is 15.8. The summed E-state index contributed by atoms with van der Waals surface area (Å²) in [6, 6.07) is 63.3. The third-order valence-electron chi connectivity index (χ3n) is 9.25. The summed E-state index contributed by atoms with van der Waals surface area (Å²) in [4.78, 5) is 5.23. The second-order valence-corrected chi connectivity index (χ2v) is 11.9. The van der Waals surface area contributed by atoms with Crippen LogP contribution in [0.3, 0.4) is 0 Å². The summed E-state index contributed by atoms with van der Waals surface area (Å²) < 4.78 is 0. The van der Waals surface area contributed by atoms with E-state index in [1.54, 1.807) is 0 Å². The quantitative estimate of drug-likeness (QED) is 0.148. The van der Waals surface area contributed by atoms with Gasteiger partial charge >= 0.3 is 0 Å². The predicted octanol–water partition coefficient (Wildman–Crippen LogP) is 12.4. The van der Waals surface area contributed by atoms with Gasteiger partial charge in [-0.1, -0.05) is 164 Å². The molecule has 0 saturated heterocycles. The number of rotatable bonds is 4. The Kier molecular flexibility index (Phi) is 6.21. The zero-order valence-corrected chi connectivity index (χ0v) is 25.2. The van der Waals surface area contributed by atoms with Crippen LogP contribution in [0.25, 0.3) is 87.9 Å². The summed E-state index contributed by atoms with van der Waals surface area (Å²) >= 11 is 0. The van der Waals surface area contributed by atoms with E-state index >= 15 is 0 Å². The molecule has 214 valence electrons. The first-order valence-electron chi connectivity index (χ1n) is 15.8. The fourth-order valence-corrected chi connectivity index (χ4v) is 7.16. The van der Waals surface area contributed by atoms with Gasteiger partial charge < -0.3 is 0 Å². The molecule has 0 saturated carbocycles. The number of pyridine rings is 1. The molecule has 0 fully saturated rings. The summed E-state index contributed by atoms with van der Waals surface area (Å²) in [5.41, 5.74) is 10.5. The molecule has 0 aliphatic heterocycles. The van der Waals surface area contributed by atoms with E-state index in [-0.39, 0.29) is 0 Å². The summed E-state index contributed by atoms with van der Waals surface area (Å²) in [5, 5.41) is 8.70. The smallest absolute Gasteiger partial charge is 0.0722 e. The van der Waals surface area contributed by atoms with Gasteiger partial charge in [-0.3, -0.25) is 0 Å². The van der Waals surface area contributed by atoms with Crippen LogP contribution in [-0.2, 0) is 0 Å². The van der Waals surface area contributed by atoms with Gasteiger partial charge in [0, 0.05) is 10.9 Å². The normalized spacial score (nSPS) is 11.5. The van der Waals surface area contributed by atoms with Crippen molar-refractivity contribution in [2.45, 2.75) is 0 Å². The Labute approximate surface area is 268 Å². The number of aromatic nitrogens is 1. The van der Waals surface area contributed by atoms with Crippen LogP contribution in [-0.4, -0.2) is 4.98 Å². The Bertz CT molecular complexity index is 2490. The molecule has 1 heteroatoms. The second-order valence-electron chi connectivity index (χ2n) is 11.9. The topological polar surface area (TPSA) is 12.9 Å². The number of nitrogens with zero attached hydrogens (tertiary/aromatic N) is 1. The van der Waals surface area contributed by atoms with E-state index in [0.717, 1.165) is 16.8 Å². The monoisotopic (exact) mass is 583 g/mol. The molecule has 8 aromatic carbocycles. The maximum absolute atomic E-state index is 5.23. The van der Waals surface area contributed by atoms with Gasteiger partial charge in [0.15, 0.2) is 0 Å². The Morgan fingerprint density at radius 3 is 1.37 bits per heavy atom. The van der Waals surface area contributed by atoms with E-state index in [1.165, 1.54) is 71.1 Å². The van der Waals surface area contributed by atoms with E-state index < -0.39 is 0 Å². The molecular formula is C45H29N. The minimum Gasteiger partial charge on any atom is -0.248 e. The fourth-order valence-electron chi connectivity index (χ4n) is 7.16. The van der Waals surface area contributed by atoms with Crippen LogP contribution < -0.4 is 0 Å². The Hall–Kier alpha value is -6.05. The van der Waals surface area contributed by atoms with Crippen molar-refractivity contribution in [2.24, 2.45) is 0 Å². The van der Waals surface area contributed by atoms with Crippen molar-refractivity contribution in [2.75, 3.05) is 0 Å². The number of hydrogen-bond acceptors (Lipinski definition) is 1. The standard InChI is InChI=1S/C45H29N/c1-3-13-30(14-4-1)40-29-42(46-41-28-27-31-15-7-8-18-35(31)45(40)41)32-23-25-34(26-24-32)44-38-21-11-9-19-36(38)43(33-16-5-2-6-17-33)37-20-10-12-22-39(37)44/h1-29H. The molecule has 0 radical (unpaired) electrons. The number of hydrogen-bond donors (Lipinski definition) is 0. The SMILES string of the molecule is c1ccc(-c2c3ccccc3c(-c3ccc(-c4cc(-c5ccccc5)c5c(ccc6ccccc65)n4)cc3)c3ccccc23)cc1. The zero-order chi connectivity index (χ0) is 30.5. The lowest BCUT2D eigenvalue weighted by Gasteiger charge is -2.18. The molecular weight excluding hydrogens is 555 g/mol. The van der Waals surface area contributed by atoms with Gasteiger partial charge in [0.2, 0.25) is 0 Å². The minimum atomic E-state index is 0.974. The van der Waals surface area contributed by atoms with Crippen molar-refractivity contribution < 1.29 is 0 Å². The summed E-state index contributed by atoms with van der Waals surface area (Å²) in [5.74, 6) is 0. The highest BCUT2D eigenvalue weighted by atomic mass is 14.7. The van der Waals surface area contributed by atoms with E-state index in [0.29, 0.717) is 0 Å². The van der Waals surface area contributed by atoms with Gasteiger partial charge in [-0.2, -0.15) is 0 Å². The molecule has 1 nitrogen and oxygen atoms in total. The van der Waals surface area contributed by atoms with Crippen LogP contribution in [0.5, 0.6) is 0 Å². The molecule has 0 N–H and O–H groups in total. The zero-order valence-electron chi connectivity index (χ0n) is 25.2. The van der Waals surface area contributed by atoms with Crippen molar-refractivity contribution in [1.29, 1.82) is 0 Å². The maximum atomic E-state index is 5.23. The fraction of sp³-hybridized carbons (Fsp3) is 0. The highest BCUT2D eigenvalue weighted by Gasteiger charge is 2.17. The van der Waals surface area contributed by atoms with Crippen molar-refractivity contribution in [3.8, 4) is 44.6 Å². The number of benzene rings is 8. The van der Waals surface area contributed by atoms with Crippen LogP contribution >= 0.6 is 0 Å². The molecule has 9 aromatic rings. The van der Waals surface area contributed by atoms with Crippen molar-refractivity contribution >= 4 is 43.2 Å². The van der Waals surface area contributed by atoms with Crippen molar-refractivity contribution in [3.05, 3.63) is 176 Å². The molecule has 0 atom stereocenters. The first-order chi connectivity index (χ1) is 22.8. The molecule has 0 amide bonds. The lowest BCUT2D eigenvalue weighted by atomic mass is 9.86. The van der Waals surface area contributed by atoms with Gasteiger partial charge in [0.05, 0.1) is 11.2 Å². The Morgan fingerprint density at radius 1 is 0.326 bits per heavy atom. The highest BCUT2D eigenvalue weighted by molar-refractivity contribution is 6.21. The molecule has 0 aliphatic rings. The van der Waals surface area contributed by atoms with Gasteiger partial charge in [-0.15, -0.1) is 0 Å². The van der Waals surface area contributed by atoms with E-state index in [9.17, 15) is 0 Å². The third-order valence-corrected chi connectivity index (χ3v) is 9.25. The summed E-state index contributed by atoms with van der Waals surface area (Å²) in [7, 11) is 0. The van der Waals surface area contributed by atoms with Crippen LogP contribution in [0.2, 0.25) is 0 Å². The van der Waals surface area contributed by atoms with Gasteiger partial charge in [0.25, 0.3) is 0 Å². The average molecular weight is 584 g/mol. The molecule has 0 unspecified atom stereocenters.